The van der Waals surface area contributed by atoms with Gasteiger partial charge >= 0.3 is 0 Å². The third kappa shape index (κ3) is 2.15. The highest BCUT2D eigenvalue weighted by molar-refractivity contribution is 7.89. The van der Waals surface area contributed by atoms with Gasteiger partial charge in [-0.05, 0) is 12.1 Å². The third-order valence-electron chi connectivity index (χ3n) is 1.29. The van der Waals surface area contributed by atoms with Gasteiger partial charge in [0.2, 0.25) is 10.0 Å². The standard InChI is InChI=1S/C6H4ClF2NO2S/c7-6-4(8)1-3(2-5(6)9)13(10,11)12/h1-2H,(H2,10,11,12). The van der Waals surface area contributed by atoms with Gasteiger partial charge in [0, 0.05) is 0 Å². The molecule has 0 radical (unpaired) electrons. The van der Waals surface area contributed by atoms with Gasteiger partial charge in [-0.1, -0.05) is 11.6 Å². The van der Waals surface area contributed by atoms with Crippen molar-refractivity contribution in [3.8, 4) is 0 Å². The van der Waals surface area contributed by atoms with E-state index in [9.17, 15) is 17.2 Å². The van der Waals surface area contributed by atoms with Crippen LogP contribution in [-0.4, -0.2) is 8.42 Å². The Bertz CT molecular complexity index is 423. The number of sulfonamides is 1. The van der Waals surface area contributed by atoms with Crippen LogP contribution in [-0.2, 0) is 10.0 Å². The Labute approximate surface area is 78.2 Å². The number of hydrogen-bond acceptors (Lipinski definition) is 2. The smallest absolute Gasteiger partial charge is 0.225 e. The molecule has 0 aliphatic heterocycles. The van der Waals surface area contributed by atoms with Crippen molar-refractivity contribution in [2.75, 3.05) is 0 Å². The molecule has 1 aromatic rings. The molecule has 72 valence electrons. The van der Waals surface area contributed by atoms with Gasteiger partial charge in [0.15, 0.2) is 0 Å². The van der Waals surface area contributed by atoms with Crippen molar-refractivity contribution in [3.05, 3.63) is 28.8 Å². The predicted octanol–water partition coefficient (Wildman–Crippen LogP) is 1.27. The summed E-state index contributed by atoms with van der Waals surface area (Å²) in [7, 11) is -4.10. The first-order valence-electron chi connectivity index (χ1n) is 2.99. The fraction of sp³-hybridized carbons (Fsp3) is 0. The maximum Gasteiger partial charge on any atom is 0.238 e. The molecule has 7 heteroatoms. The summed E-state index contributed by atoms with van der Waals surface area (Å²) < 4.78 is 46.7. The Morgan fingerprint density at radius 1 is 1.23 bits per heavy atom. The zero-order valence-corrected chi connectivity index (χ0v) is 7.66. The Balaban J connectivity index is 3.47. The van der Waals surface area contributed by atoms with E-state index in [0.29, 0.717) is 12.1 Å². The Kier molecular flexibility index (Phi) is 2.56. The van der Waals surface area contributed by atoms with Crippen LogP contribution in [0.2, 0.25) is 5.02 Å². The highest BCUT2D eigenvalue weighted by Gasteiger charge is 2.15. The summed E-state index contributed by atoms with van der Waals surface area (Å²) in [5.74, 6) is -2.32. The normalized spacial score (nSPS) is 11.7. The highest BCUT2D eigenvalue weighted by Crippen LogP contribution is 2.21. The van der Waals surface area contributed by atoms with E-state index < -0.39 is 31.6 Å². The maximum atomic E-state index is 12.7. The molecule has 0 aromatic heterocycles. The average molecular weight is 228 g/mol. The molecule has 1 rings (SSSR count). The van der Waals surface area contributed by atoms with Crippen molar-refractivity contribution in [1.82, 2.24) is 0 Å². The van der Waals surface area contributed by atoms with Crippen molar-refractivity contribution in [3.63, 3.8) is 0 Å². The van der Waals surface area contributed by atoms with E-state index in [4.69, 9.17) is 11.6 Å². The van der Waals surface area contributed by atoms with Crippen LogP contribution in [0.3, 0.4) is 0 Å². The van der Waals surface area contributed by atoms with Gasteiger partial charge in [0.05, 0.1) is 4.90 Å². The third-order valence-corrected chi connectivity index (χ3v) is 2.54. The Hall–Kier alpha value is -0.720. The fourth-order valence-corrected chi connectivity index (χ4v) is 1.34. The van der Waals surface area contributed by atoms with E-state index in [2.05, 4.69) is 5.14 Å². The molecule has 0 spiro atoms. The second-order valence-corrected chi connectivity index (χ2v) is 4.19. The van der Waals surface area contributed by atoms with E-state index in [1.165, 1.54) is 0 Å². The van der Waals surface area contributed by atoms with Gasteiger partial charge in [-0.15, -0.1) is 0 Å². The average Bonchev–Trinajstić information content (AvgIpc) is 1.97. The minimum Gasteiger partial charge on any atom is -0.225 e. The number of hydrogen-bond donors (Lipinski definition) is 1. The monoisotopic (exact) mass is 227 g/mol. The second kappa shape index (κ2) is 3.21. The van der Waals surface area contributed by atoms with Crippen molar-refractivity contribution in [1.29, 1.82) is 0 Å². The van der Waals surface area contributed by atoms with Crippen LogP contribution in [0.15, 0.2) is 17.0 Å². The molecule has 0 aliphatic rings. The van der Waals surface area contributed by atoms with Gasteiger partial charge in [-0.25, -0.2) is 22.3 Å². The van der Waals surface area contributed by atoms with Crippen molar-refractivity contribution < 1.29 is 17.2 Å². The number of halogens is 3. The lowest BCUT2D eigenvalue weighted by atomic mass is 10.3. The van der Waals surface area contributed by atoms with Gasteiger partial charge in [-0.2, -0.15) is 0 Å². The summed E-state index contributed by atoms with van der Waals surface area (Å²) in [4.78, 5) is -0.646. The van der Waals surface area contributed by atoms with Crippen LogP contribution in [0.5, 0.6) is 0 Å². The van der Waals surface area contributed by atoms with Gasteiger partial charge in [0.25, 0.3) is 0 Å². The van der Waals surface area contributed by atoms with Crippen molar-refractivity contribution >= 4 is 21.6 Å². The van der Waals surface area contributed by atoms with Crippen LogP contribution in [0.25, 0.3) is 0 Å². The molecule has 0 atom stereocenters. The van der Waals surface area contributed by atoms with Gasteiger partial charge < -0.3 is 0 Å². The molecule has 13 heavy (non-hydrogen) atoms. The van der Waals surface area contributed by atoms with Gasteiger partial charge in [0.1, 0.15) is 16.7 Å². The number of rotatable bonds is 1. The van der Waals surface area contributed by atoms with E-state index in [1.54, 1.807) is 0 Å². The molecule has 0 heterocycles. The molecule has 2 N–H and O–H groups in total. The van der Waals surface area contributed by atoms with E-state index >= 15 is 0 Å². The fourth-order valence-electron chi connectivity index (χ4n) is 0.697. The lowest BCUT2D eigenvalue weighted by Crippen LogP contribution is -2.12. The summed E-state index contributed by atoms with van der Waals surface area (Å²) in [5, 5.41) is 3.88. The molecule has 0 aliphatic carbocycles. The summed E-state index contributed by atoms with van der Waals surface area (Å²) in [6, 6.07) is 1.11. The minimum absolute atomic E-state index is 0.556. The number of nitrogens with two attached hydrogens (primary N) is 1. The van der Waals surface area contributed by atoms with Crippen molar-refractivity contribution in [2.24, 2.45) is 5.14 Å². The molecule has 0 fully saturated rings. The Morgan fingerprint density at radius 3 is 1.92 bits per heavy atom. The SMILES string of the molecule is NS(=O)(=O)c1cc(F)c(Cl)c(F)c1. The first kappa shape index (κ1) is 10.4. The van der Waals surface area contributed by atoms with Crippen LogP contribution in [0.1, 0.15) is 0 Å². The van der Waals surface area contributed by atoms with Crippen LogP contribution in [0, 0.1) is 11.6 Å². The molecule has 0 amide bonds. The highest BCUT2D eigenvalue weighted by atomic mass is 35.5. The van der Waals surface area contributed by atoms with Crippen LogP contribution < -0.4 is 5.14 Å². The molecule has 0 saturated carbocycles. The summed E-state index contributed by atoms with van der Waals surface area (Å²) in [5.41, 5.74) is 0. The first-order chi connectivity index (χ1) is 5.82. The van der Waals surface area contributed by atoms with E-state index in [1.807, 2.05) is 0 Å². The summed E-state index contributed by atoms with van der Waals surface area (Å²) in [6.07, 6.45) is 0. The topological polar surface area (TPSA) is 60.2 Å². The van der Waals surface area contributed by atoms with Crippen LogP contribution in [0.4, 0.5) is 8.78 Å². The molecule has 3 nitrogen and oxygen atoms in total. The minimum atomic E-state index is -4.10. The molecule has 0 unspecified atom stereocenters. The number of primary sulfonamides is 1. The largest absolute Gasteiger partial charge is 0.238 e. The van der Waals surface area contributed by atoms with Crippen molar-refractivity contribution in [2.45, 2.75) is 4.90 Å². The predicted molar refractivity (Wildman–Crippen MR) is 42.7 cm³/mol. The molecule has 1 aromatic carbocycles. The lowest BCUT2D eigenvalue weighted by Gasteiger charge is -2.00. The van der Waals surface area contributed by atoms with Crippen LogP contribution >= 0.6 is 11.6 Å². The molecular weight excluding hydrogens is 224 g/mol. The first-order valence-corrected chi connectivity index (χ1v) is 4.92. The summed E-state index contributed by atoms with van der Waals surface area (Å²) in [6.45, 7) is 0. The van der Waals surface area contributed by atoms with E-state index in [0.717, 1.165) is 0 Å². The van der Waals surface area contributed by atoms with E-state index in [-0.39, 0.29) is 0 Å². The zero-order chi connectivity index (χ0) is 10.2. The number of benzene rings is 1. The maximum absolute atomic E-state index is 12.7. The van der Waals surface area contributed by atoms with Gasteiger partial charge in [-0.3, -0.25) is 0 Å². The Morgan fingerprint density at radius 2 is 1.62 bits per heavy atom. The second-order valence-electron chi connectivity index (χ2n) is 2.25. The quantitative estimate of drug-likeness (QED) is 0.735. The summed E-state index contributed by atoms with van der Waals surface area (Å²) >= 11 is 5.11. The molecular formula is C6H4ClF2NO2S. The molecule has 0 saturated heterocycles. The zero-order valence-electron chi connectivity index (χ0n) is 6.09. The molecule has 0 bridgehead atoms. The lowest BCUT2D eigenvalue weighted by molar-refractivity contribution is 0.568.